The molecule has 0 amide bonds. The highest BCUT2D eigenvalue weighted by Crippen LogP contribution is 2.30. The monoisotopic (exact) mass is 252 g/mol. The van der Waals surface area contributed by atoms with Crippen molar-refractivity contribution in [2.75, 3.05) is 11.9 Å². The maximum Gasteiger partial charge on any atom is 0.333 e. The number of allylic oxidation sites excluding steroid dienone is 1. The van der Waals surface area contributed by atoms with Gasteiger partial charge in [0.05, 0.1) is 4.92 Å². The number of aryl methyl sites for hydroxylation is 1. The Hall–Kier alpha value is -1.85. The van der Waals surface area contributed by atoms with Crippen LogP contribution < -0.4 is 5.32 Å². The lowest BCUT2D eigenvalue weighted by Crippen LogP contribution is -2.11. The van der Waals surface area contributed by atoms with E-state index in [1.807, 2.05) is 33.8 Å². The minimum absolute atomic E-state index is 0.0610. The Bertz CT molecular complexity index is 471. The van der Waals surface area contributed by atoms with Crippen LogP contribution >= 0.6 is 0 Å². The maximum absolute atomic E-state index is 11.1. The summed E-state index contributed by atoms with van der Waals surface area (Å²) < 4.78 is 1.66. The maximum atomic E-state index is 11.1. The zero-order valence-corrected chi connectivity index (χ0v) is 11.5. The molecule has 1 N–H and O–H groups in total. The van der Waals surface area contributed by atoms with E-state index in [9.17, 15) is 10.1 Å². The Kier molecular flexibility index (Phi) is 4.47. The fourth-order valence-corrected chi connectivity index (χ4v) is 1.65. The lowest BCUT2D eigenvalue weighted by atomic mass is 10.3. The van der Waals surface area contributed by atoms with Gasteiger partial charge in [0.1, 0.15) is 5.69 Å². The van der Waals surface area contributed by atoms with Gasteiger partial charge >= 0.3 is 5.69 Å². The molecule has 1 heterocycles. The van der Waals surface area contributed by atoms with E-state index in [1.54, 1.807) is 11.6 Å². The summed E-state index contributed by atoms with van der Waals surface area (Å²) in [5.74, 6) is 0.477. The van der Waals surface area contributed by atoms with Crippen molar-refractivity contribution in [3.8, 4) is 0 Å². The average Bonchev–Trinajstić information content (AvgIpc) is 2.55. The Morgan fingerprint density at radius 2 is 2.17 bits per heavy atom. The van der Waals surface area contributed by atoms with Crippen LogP contribution in [0.5, 0.6) is 0 Å². The molecule has 0 aliphatic rings. The van der Waals surface area contributed by atoms with E-state index in [1.165, 1.54) is 0 Å². The summed E-state index contributed by atoms with van der Waals surface area (Å²) in [5, 5.41) is 18.4. The van der Waals surface area contributed by atoms with E-state index in [0.29, 0.717) is 18.1 Å². The fourth-order valence-electron chi connectivity index (χ4n) is 1.65. The molecule has 6 nitrogen and oxygen atoms in total. The van der Waals surface area contributed by atoms with Gasteiger partial charge in [0.15, 0.2) is 0 Å². The minimum atomic E-state index is -0.383. The smallest absolute Gasteiger partial charge is 0.333 e. The van der Waals surface area contributed by atoms with Crippen LogP contribution in [-0.4, -0.2) is 21.2 Å². The SMILES string of the molecule is CC(C)=CCNc1c([N+](=O)[O-])c(C)nn1C(C)C. The number of aromatic nitrogens is 2. The van der Waals surface area contributed by atoms with Crippen molar-refractivity contribution in [3.63, 3.8) is 0 Å². The second-order valence-electron chi connectivity index (χ2n) is 4.74. The highest BCUT2D eigenvalue weighted by atomic mass is 16.6. The van der Waals surface area contributed by atoms with E-state index in [0.717, 1.165) is 5.57 Å². The molecule has 1 rings (SSSR count). The fraction of sp³-hybridized carbons (Fsp3) is 0.583. The molecule has 0 unspecified atom stereocenters. The molecule has 0 radical (unpaired) electrons. The van der Waals surface area contributed by atoms with Crippen molar-refractivity contribution >= 4 is 11.5 Å². The number of nitrogens with zero attached hydrogens (tertiary/aromatic N) is 3. The Balaban J connectivity index is 3.12. The number of rotatable bonds is 5. The van der Waals surface area contributed by atoms with Gasteiger partial charge in [-0.2, -0.15) is 5.10 Å². The molecule has 0 bridgehead atoms. The van der Waals surface area contributed by atoms with Crippen LogP contribution in [0.3, 0.4) is 0 Å². The normalized spacial score (nSPS) is 10.6. The molecule has 0 fully saturated rings. The molecule has 0 atom stereocenters. The summed E-state index contributed by atoms with van der Waals surface area (Å²) in [6, 6.07) is 0.0756. The standard InChI is InChI=1S/C12H20N4O2/c1-8(2)6-7-13-12-11(16(17)18)10(5)14-15(12)9(3)4/h6,9,13H,7H2,1-5H3. The molecule has 0 aliphatic carbocycles. The van der Waals surface area contributed by atoms with Gasteiger partial charge in [0.2, 0.25) is 5.82 Å². The third-order valence-electron chi connectivity index (χ3n) is 2.51. The molecule has 0 spiro atoms. The Morgan fingerprint density at radius 1 is 1.56 bits per heavy atom. The summed E-state index contributed by atoms with van der Waals surface area (Å²) in [6.45, 7) is 10.1. The molecule has 0 saturated carbocycles. The van der Waals surface area contributed by atoms with Crippen LogP contribution in [0, 0.1) is 17.0 Å². The van der Waals surface area contributed by atoms with Gasteiger partial charge in [-0.1, -0.05) is 11.6 Å². The summed E-state index contributed by atoms with van der Waals surface area (Å²) in [4.78, 5) is 10.7. The van der Waals surface area contributed by atoms with Crippen molar-refractivity contribution in [2.45, 2.75) is 40.7 Å². The molecule has 0 saturated heterocycles. The number of anilines is 1. The van der Waals surface area contributed by atoms with Gasteiger partial charge < -0.3 is 5.32 Å². The molecule has 100 valence electrons. The number of hydrogen-bond acceptors (Lipinski definition) is 4. The molecule has 0 aromatic carbocycles. The van der Waals surface area contributed by atoms with Gasteiger partial charge in [0, 0.05) is 12.6 Å². The van der Waals surface area contributed by atoms with Crippen molar-refractivity contribution in [2.24, 2.45) is 0 Å². The summed E-state index contributed by atoms with van der Waals surface area (Å²) in [5.41, 5.74) is 1.66. The molecule has 1 aromatic rings. The largest absolute Gasteiger partial charge is 0.361 e. The zero-order chi connectivity index (χ0) is 13.9. The molecular weight excluding hydrogens is 232 g/mol. The molecular formula is C12H20N4O2. The predicted molar refractivity (Wildman–Crippen MR) is 71.9 cm³/mol. The zero-order valence-electron chi connectivity index (χ0n) is 11.5. The summed E-state index contributed by atoms with van der Waals surface area (Å²) in [7, 11) is 0. The van der Waals surface area contributed by atoms with Gasteiger partial charge in [-0.3, -0.25) is 10.1 Å². The average molecular weight is 252 g/mol. The van der Waals surface area contributed by atoms with Crippen LogP contribution in [0.2, 0.25) is 0 Å². The quantitative estimate of drug-likeness (QED) is 0.496. The van der Waals surface area contributed by atoms with Gasteiger partial charge in [-0.25, -0.2) is 4.68 Å². The van der Waals surface area contributed by atoms with Crippen LogP contribution in [0.15, 0.2) is 11.6 Å². The number of nitrogens with one attached hydrogen (secondary N) is 1. The molecule has 0 aliphatic heterocycles. The van der Waals surface area contributed by atoms with Crippen LogP contribution in [0.4, 0.5) is 11.5 Å². The summed E-state index contributed by atoms with van der Waals surface area (Å²) in [6.07, 6.45) is 1.98. The minimum Gasteiger partial charge on any atom is -0.361 e. The first-order valence-electron chi connectivity index (χ1n) is 5.95. The Morgan fingerprint density at radius 3 is 2.61 bits per heavy atom. The van der Waals surface area contributed by atoms with Gasteiger partial charge in [0.25, 0.3) is 0 Å². The highest BCUT2D eigenvalue weighted by molar-refractivity contribution is 5.60. The van der Waals surface area contributed by atoms with E-state index >= 15 is 0 Å². The molecule has 18 heavy (non-hydrogen) atoms. The van der Waals surface area contributed by atoms with Crippen LogP contribution in [0.25, 0.3) is 0 Å². The highest BCUT2D eigenvalue weighted by Gasteiger charge is 2.25. The van der Waals surface area contributed by atoms with Crippen LogP contribution in [-0.2, 0) is 0 Å². The van der Waals surface area contributed by atoms with Crippen molar-refractivity contribution in [1.29, 1.82) is 0 Å². The topological polar surface area (TPSA) is 73.0 Å². The summed E-state index contributed by atoms with van der Waals surface area (Å²) >= 11 is 0. The van der Waals surface area contributed by atoms with Gasteiger partial charge in [-0.15, -0.1) is 0 Å². The van der Waals surface area contributed by atoms with E-state index in [2.05, 4.69) is 10.4 Å². The second kappa shape index (κ2) is 5.66. The second-order valence-corrected chi connectivity index (χ2v) is 4.74. The lowest BCUT2D eigenvalue weighted by Gasteiger charge is -2.10. The van der Waals surface area contributed by atoms with Gasteiger partial charge in [-0.05, 0) is 34.6 Å². The van der Waals surface area contributed by atoms with Crippen molar-refractivity contribution in [1.82, 2.24) is 9.78 Å². The first-order chi connectivity index (χ1) is 8.34. The third-order valence-corrected chi connectivity index (χ3v) is 2.51. The van der Waals surface area contributed by atoms with Crippen molar-refractivity contribution in [3.05, 3.63) is 27.5 Å². The molecule has 1 aromatic heterocycles. The number of hydrogen-bond donors (Lipinski definition) is 1. The first-order valence-corrected chi connectivity index (χ1v) is 5.95. The number of nitro groups is 1. The van der Waals surface area contributed by atoms with Crippen molar-refractivity contribution < 1.29 is 4.92 Å². The van der Waals surface area contributed by atoms with Crippen LogP contribution in [0.1, 0.15) is 39.4 Å². The van der Waals surface area contributed by atoms with E-state index in [-0.39, 0.29) is 16.7 Å². The first kappa shape index (κ1) is 14.2. The molecule has 6 heteroatoms. The lowest BCUT2D eigenvalue weighted by molar-refractivity contribution is -0.384. The van der Waals surface area contributed by atoms with E-state index in [4.69, 9.17) is 0 Å². The third kappa shape index (κ3) is 3.09. The predicted octanol–water partition coefficient (Wildman–Crippen LogP) is 3.06. The Labute approximate surface area is 107 Å². The van der Waals surface area contributed by atoms with E-state index < -0.39 is 0 Å².